The van der Waals surface area contributed by atoms with Crippen molar-refractivity contribution in [3.63, 3.8) is 0 Å². The second kappa shape index (κ2) is 7.87. The number of para-hydroxylation sites is 2. The molecule has 0 saturated heterocycles. The minimum absolute atomic E-state index is 0.0397. The maximum Gasteiger partial charge on any atom is 0.387 e. The fourth-order valence-corrected chi connectivity index (χ4v) is 2.46. The van der Waals surface area contributed by atoms with Gasteiger partial charge in [0.25, 0.3) is 0 Å². The maximum absolute atomic E-state index is 12.4. The first-order valence-electron chi connectivity index (χ1n) is 7.14. The first kappa shape index (κ1) is 17.1. The topological polar surface area (TPSA) is 51.1 Å². The Kier molecular flexibility index (Phi) is 5.86. The van der Waals surface area contributed by atoms with Crippen molar-refractivity contribution in [2.75, 3.05) is 5.32 Å². The van der Waals surface area contributed by atoms with Gasteiger partial charge in [0.15, 0.2) is 5.11 Å². The number of ether oxygens (including phenoxy) is 1. The molecule has 23 heavy (non-hydrogen) atoms. The molecule has 1 aromatic carbocycles. The number of rotatable bonds is 6. The van der Waals surface area contributed by atoms with Crippen molar-refractivity contribution >= 4 is 23.0 Å². The molecule has 8 heteroatoms. The SMILES string of the molecule is CCn1nccc1C(C)NC(=S)Nc1ccccc1OC(F)F. The Labute approximate surface area is 138 Å². The summed E-state index contributed by atoms with van der Waals surface area (Å²) < 4.78 is 31.1. The lowest BCUT2D eigenvalue weighted by molar-refractivity contribution is -0.0493. The van der Waals surface area contributed by atoms with Gasteiger partial charge in [-0.1, -0.05) is 12.1 Å². The molecule has 0 fully saturated rings. The van der Waals surface area contributed by atoms with E-state index in [4.69, 9.17) is 12.2 Å². The fourth-order valence-electron chi connectivity index (χ4n) is 2.17. The van der Waals surface area contributed by atoms with Crippen molar-refractivity contribution in [2.45, 2.75) is 33.0 Å². The van der Waals surface area contributed by atoms with Crippen molar-refractivity contribution < 1.29 is 13.5 Å². The Balaban J connectivity index is 2.02. The normalized spacial score (nSPS) is 12.0. The van der Waals surface area contributed by atoms with Crippen LogP contribution in [0.3, 0.4) is 0 Å². The van der Waals surface area contributed by atoms with Gasteiger partial charge in [-0.3, -0.25) is 4.68 Å². The van der Waals surface area contributed by atoms with E-state index in [-0.39, 0.29) is 11.8 Å². The van der Waals surface area contributed by atoms with Crippen LogP contribution in [0.1, 0.15) is 25.6 Å². The van der Waals surface area contributed by atoms with Gasteiger partial charge in [0, 0.05) is 12.7 Å². The summed E-state index contributed by atoms with van der Waals surface area (Å²) >= 11 is 5.24. The first-order valence-corrected chi connectivity index (χ1v) is 7.55. The van der Waals surface area contributed by atoms with E-state index in [1.54, 1.807) is 24.4 Å². The number of hydrogen-bond donors (Lipinski definition) is 2. The van der Waals surface area contributed by atoms with Gasteiger partial charge < -0.3 is 15.4 Å². The highest BCUT2D eigenvalue weighted by Crippen LogP contribution is 2.25. The zero-order chi connectivity index (χ0) is 16.8. The molecular weight excluding hydrogens is 322 g/mol. The van der Waals surface area contributed by atoms with E-state index in [1.165, 1.54) is 6.07 Å². The van der Waals surface area contributed by atoms with Crippen LogP contribution in [0.4, 0.5) is 14.5 Å². The molecule has 2 rings (SSSR count). The van der Waals surface area contributed by atoms with Gasteiger partial charge in [-0.05, 0) is 44.3 Å². The van der Waals surface area contributed by atoms with Crippen molar-refractivity contribution in [1.29, 1.82) is 0 Å². The van der Waals surface area contributed by atoms with Gasteiger partial charge >= 0.3 is 6.61 Å². The largest absolute Gasteiger partial charge is 0.433 e. The van der Waals surface area contributed by atoms with Crippen molar-refractivity contribution in [3.05, 3.63) is 42.2 Å². The van der Waals surface area contributed by atoms with Gasteiger partial charge in [0.2, 0.25) is 0 Å². The second-order valence-corrected chi connectivity index (χ2v) is 5.17. The van der Waals surface area contributed by atoms with Crippen molar-refractivity contribution in [2.24, 2.45) is 0 Å². The molecule has 0 amide bonds. The van der Waals surface area contributed by atoms with E-state index in [0.29, 0.717) is 10.8 Å². The molecule has 0 bridgehead atoms. The predicted molar refractivity (Wildman–Crippen MR) is 88.7 cm³/mol. The van der Waals surface area contributed by atoms with Crippen LogP contribution in [0.2, 0.25) is 0 Å². The van der Waals surface area contributed by atoms with Crippen LogP contribution in [0.15, 0.2) is 36.5 Å². The molecule has 0 radical (unpaired) electrons. The summed E-state index contributed by atoms with van der Waals surface area (Å²) in [6.45, 7) is 1.80. The third-order valence-corrected chi connectivity index (χ3v) is 3.41. The van der Waals surface area contributed by atoms with E-state index in [1.807, 2.05) is 24.6 Å². The zero-order valence-corrected chi connectivity index (χ0v) is 13.6. The standard InChI is InChI=1S/C15H18F2N4OS/c1-3-21-12(8-9-18-21)10(2)19-15(23)20-11-6-4-5-7-13(11)22-14(16)17/h4-10,14H,3H2,1-2H3,(H2,19,20,23). The summed E-state index contributed by atoms with van der Waals surface area (Å²) in [5.74, 6) is 0.0397. The highest BCUT2D eigenvalue weighted by atomic mass is 32.1. The molecule has 0 aliphatic heterocycles. The minimum atomic E-state index is -2.89. The number of anilines is 1. The predicted octanol–water partition coefficient (Wildman–Crippen LogP) is 3.55. The summed E-state index contributed by atoms with van der Waals surface area (Å²) in [6.07, 6.45) is 1.72. The van der Waals surface area contributed by atoms with Gasteiger partial charge in [-0.15, -0.1) is 0 Å². The second-order valence-electron chi connectivity index (χ2n) is 4.77. The molecule has 0 aliphatic rings. The van der Waals surface area contributed by atoms with Crippen LogP contribution >= 0.6 is 12.2 Å². The quantitative estimate of drug-likeness (QED) is 0.788. The van der Waals surface area contributed by atoms with Gasteiger partial charge in [0.05, 0.1) is 17.4 Å². The van der Waals surface area contributed by atoms with Crippen LogP contribution in [-0.2, 0) is 6.54 Å². The van der Waals surface area contributed by atoms with E-state index in [0.717, 1.165) is 12.2 Å². The molecule has 1 aromatic heterocycles. The van der Waals surface area contributed by atoms with Crippen LogP contribution in [0.5, 0.6) is 5.75 Å². The molecule has 2 aromatic rings. The maximum atomic E-state index is 12.4. The highest BCUT2D eigenvalue weighted by molar-refractivity contribution is 7.80. The summed E-state index contributed by atoms with van der Waals surface area (Å²) in [6, 6.07) is 8.21. The van der Waals surface area contributed by atoms with Crippen LogP contribution in [0, 0.1) is 0 Å². The first-order chi connectivity index (χ1) is 11.0. The number of thiocarbonyl (C=S) groups is 1. The molecule has 1 atom stereocenters. The van der Waals surface area contributed by atoms with E-state index in [9.17, 15) is 8.78 Å². The lowest BCUT2D eigenvalue weighted by Gasteiger charge is -2.19. The molecule has 0 spiro atoms. The van der Waals surface area contributed by atoms with Gasteiger partial charge in [-0.2, -0.15) is 13.9 Å². The molecule has 1 unspecified atom stereocenters. The number of nitrogens with one attached hydrogen (secondary N) is 2. The third kappa shape index (κ3) is 4.62. The lowest BCUT2D eigenvalue weighted by Crippen LogP contribution is -2.32. The highest BCUT2D eigenvalue weighted by Gasteiger charge is 2.14. The molecule has 0 saturated carbocycles. The Morgan fingerprint density at radius 3 is 2.78 bits per heavy atom. The molecule has 2 N–H and O–H groups in total. The number of aromatic nitrogens is 2. The minimum Gasteiger partial charge on any atom is -0.433 e. The smallest absolute Gasteiger partial charge is 0.387 e. The average Bonchev–Trinajstić information content (AvgIpc) is 2.97. The van der Waals surface area contributed by atoms with Crippen LogP contribution in [-0.4, -0.2) is 21.5 Å². The van der Waals surface area contributed by atoms with Crippen LogP contribution < -0.4 is 15.4 Å². The number of halogens is 2. The average molecular weight is 340 g/mol. The number of aryl methyl sites for hydroxylation is 1. The van der Waals surface area contributed by atoms with Crippen molar-refractivity contribution in [3.8, 4) is 5.75 Å². The Morgan fingerprint density at radius 2 is 2.09 bits per heavy atom. The van der Waals surface area contributed by atoms with Gasteiger partial charge in [0.1, 0.15) is 5.75 Å². The summed E-state index contributed by atoms with van der Waals surface area (Å²) in [4.78, 5) is 0. The molecule has 5 nitrogen and oxygen atoms in total. The third-order valence-electron chi connectivity index (χ3n) is 3.19. The summed E-state index contributed by atoms with van der Waals surface area (Å²) in [5, 5.41) is 10.5. The Bertz CT molecular complexity index is 662. The van der Waals surface area contributed by atoms with Crippen molar-refractivity contribution in [1.82, 2.24) is 15.1 Å². The number of alkyl halides is 2. The van der Waals surface area contributed by atoms with Gasteiger partial charge in [-0.25, -0.2) is 0 Å². The van der Waals surface area contributed by atoms with E-state index >= 15 is 0 Å². The summed E-state index contributed by atoms with van der Waals surface area (Å²) in [5.41, 5.74) is 1.36. The Morgan fingerprint density at radius 1 is 1.35 bits per heavy atom. The molecular formula is C15H18F2N4OS. The molecule has 0 aliphatic carbocycles. The number of hydrogen-bond acceptors (Lipinski definition) is 3. The Hall–Kier alpha value is -2.22. The van der Waals surface area contributed by atoms with E-state index in [2.05, 4.69) is 20.5 Å². The van der Waals surface area contributed by atoms with E-state index < -0.39 is 6.61 Å². The zero-order valence-electron chi connectivity index (χ0n) is 12.8. The summed E-state index contributed by atoms with van der Waals surface area (Å²) in [7, 11) is 0. The van der Waals surface area contributed by atoms with Crippen LogP contribution in [0.25, 0.3) is 0 Å². The fraction of sp³-hybridized carbons (Fsp3) is 0.333. The monoisotopic (exact) mass is 340 g/mol. The molecule has 124 valence electrons. The number of benzene rings is 1. The molecule has 1 heterocycles. The number of nitrogens with zero attached hydrogens (tertiary/aromatic N) is 2. The lowest BCUT2D eigenvalue weighted by atomic mass is 10.2.